The molecule has 1 aliphatic heterocycles. The van der Waals surface area contributed by atoms with Crippen LogP contribution in [-0.2, 0) is 0 Å². The molecular weight excluding hydrogens is 288 g/mol. The van der Waals surface area contributed by atoms with Crippen molar-refractivity contribution in [3.05, 3.63) is 47.8 Å². The molecular formula is C18H24N4O. The third-order valence-corrected chi connectivity index (χ3v) is 4.64. The molecule has 1 aromatic carbocycles. The lowest BCUT2D eigenvalue weighted by Gasteiger charge is -2.34. The number of aryl methyl sites for hydroxylation is 1. The normalized spacial score (nSPS) is 19.6. The summed E-state index contributed by atoms with van der Waals surface area (Å²) in [4.78, 5) is 14.8. The molecule has 5 heteroatoms. The quantitative estimate of drug-likeness (QED) is 0.946. The summed E-state index contributed by atoms with van der Waals surface area (Å²) < 4.78 is 1.77. The largest absolute Gasteiger partial charge is 0.338 e. The number of nitrogens with two attached hydrogens (primary N) is 1. The van der Waals surface area contributed by atoms with E-state index in [0.29, 0.717) is 11.5 Å². The van der Waals surface area contributed by atoms with Crippen molar-refractivity contribution in [2.45, 2.75) is 32.7 Å². The molecule has 3 rings (SSSR count). The monoisotopic (exact) mass is 312 g/mol. The molecule has 2 N–H and O–H groups in total. The van der Waals surface area contributed by atoms with Crippen molar-refractivity contribution in [3.8, 4) is 5.69 Å². The Bertz CT molecular complexity index is 678. The Labute approximate surface area is 137 Å². The van der Waals surface area contributed by atoms with E-state index in [9.17, 15) is 4.79 Å². The number of hydrogen-bond donors (Lipinski definition) is 1. The topological polar surface area (TPSA) is 64.2 Å². The van der Waals surface area contributed by atoms with Crippen LogP contribution in [0.4, 0.5) is 0 Å². The standard InChI is InChI=1S/C18H24N4O/c1-13(19)15-7-6-10-21(11-15)18(23)17-12-22(20-14(17)2)16-8-4-3-5-9-16/h3-5,8-9,12-13,15H,6-7,10-11,19H2,1-2H3. The second kappa shape index (κ2) is 6.54. The van der Waals surface area contributed by atoms with Gasteiger partial charge in [-0.05, 0) is 44.7 Å². The Morgan fingerprint density at radius 3 is 2.78 bits per heavy atom. The molecule has 122 valence electrons. The van der Waals surface area contributed by atoms with Gasteiger partial charge in [0, 0.05) is 25.3 Å². The molecule has 0 aliphatic carbocycles. The van der Waals surface area contributed by atoms with Crippen LogP contribution in [0.5, 0.6) is 0 Å². The summed E-state index contributed by atoms with van der Waals surface area (Å²) in [5, 5.41) is 4.50. The highest BCUT2D eigenvalue weighted by Gasteiger charge is 2.28. The average Bonchev–Trinajstić information content (AvgIpc) is 2.97. The third-order valence-electron chi connectivity index (χ3n) is 4.64. The first-order chi connectivity index (χ1) is 11.1. The van der Waals surface area contributed by atoms with E-state index in [1.54, 1.807) is 4.68 Å². The number of para-hydroxylation sites is 1. The lowest BCUT2D eigenvalue weighted by Crippen LogP contribution is -2.45. The van der Waals surface area contributed by atoms with Gasteiger partial charge >= 0.3 is 0 Å². The van der Waals surface area contributed by atoms with Crippen molar-refractivity contribution in [3.63, 3.8) is 0 Å². The Morgan fingerprint density at radius 1 is 1.35 bits per heavy atom. The summed E-state index contributed by atoms with van der Waals surface area (Å²) in [5.41, 5.74) is 8.43. The molecule has 2 atom stereocenters. The van der Waals surface area contributed by atoms with Gasteiger partial charge in [0.25, 0.3) is 5.91 Å². The fourth-order valence-corrected chi connectivity index (χ4v) is 3.18. The van der Waals surface area contributed by atoms with Crippen molar-refractivity contribution < 1.29 is 4.79 Å². The number of amides is 1. The van der Waals surface area contributed by atoms with Crippen LogP contribution in [0.3, 0.4) is 0 Å². The number of carbonyl (C=O) groups is 1. The first-order valence-electron chi connectivity index (χ1n) is 8.23. The molecule has 5 nitrogen and oxygen atoms in total. The molecule has 1 saturated heterocycles. The Kier molecular flexibility index (Phi) is 4.48. The summed E-state index contributed by atoms with van der Waals surface area (Å²) >= 11 is 0. The van der Waals surface area contributed by atoms with Gasteiger partial charge in [-0.25, -0.2) is 4.68 Å². The Balaban J connectivity index is 1.81. The number of piperidine rings is 1. The van der Waals surface area contributed by atoms with E-state index < -0.39 is 0 Å². The van der Waals surface area contributed by atoms with E-state index >= 15 is 0 Å². The minimum absolute atomic E-state index is 0.0648. The van der Waals surface area contributed by atoms with Crippen LogP contribution in [0.1, 0.15) is 35.8 Å². The molecule has 1 aromatic heterocycles. The van der Waals surface area contributed by atoms with Gasteiger partial charge < -0.3 is 10.6 Å². The molecule has 2 heterocycles. The van der Waals surface area contributed by atoms with Crippen molar-refractivity contribution in [2.75, 3.05) is 13.1 Å². The van der Waals surface area contributed by atoms with Crippen LogP contribution in [0.15, 0.2) is 36.5 Å². The maximum absolute atomic E-state index is 12.9. The molecule has 2 aromatic rings. The summed E-state index contributed by atoms with van der Waals surface area (Å²) in [6.45, 7) is 5.46. The smallest absolute Gasteiger partial charge is 0.257 e. The number of hydrogen-bond acceptors (Lipinski definition) is 3. The number of benzene rings is 1. The molecule has 0 spiro atoms. The van der Waals surface area contributed by atoms with Gasteiger partial charge in [0.15, 0.2) is 0 Å². The number of rotatable bonds is 3. The summed E-state index contributed by atoms with van der Waals surface area (Å²) in [5.74, 6) is 0.451. The number of likely N-dealkylation sites (tertiary alicyclic amines) is 1. The zero-order valence-electron chi connectivity index (χ0n) is 13.8. The van der Waals surface area contributed by atoms with Gasteiger partial charge in [0.05, 0.1) is 16.9 Å². The second-order valence-corrected chi connectivity index (χ2v) is 6.42. The molecule has 0 bridgehead atoms. The number of carbonyl (C=O) groups excluding carboxylic acids is 1. The summed E-state index contributed by atoms with van der Waals surface area (Å²) in [7, 11) is 0. The molecule has 0 radical (unpaired) electrons. The predicted molar refractivity (Wildman–Crippen MR) is 90.6 cm³/mol. The van der Waals surface area contributed by atoms with E-state index in [1.807, 2.05) is 55.3 Å². The van der Waals surface area contributed by atoms with Crippen molar-refractivity contribution >= 4 is 5.91 Å². The fourth-order valence-electron chi connectivity index (χ4n) is 3.18. The van der Waals surface area contributed by atoms with Crippen LogP contribution in [-0.4, -0.2) is 39.7 Å². The molecule has 0 saturated carbocycles. The molecule has 23 heavy (non-hydrogen) atoms. The molecule has 2 unspecified atom stereocenters. The maximum atomic E-state index is 12.9. The minimum Gasteiger partial charge on any atom is -0.338 e. The zero-order chi connectivity index (χ0) is 16.4. The Hall–Kier alpha value is -2.14. The molecule has 1 aliphatic rings. The Morgan fingerprint density at radius 2 is 2.09 bits per heavy atom. The van der Waals surface area contributed by atoms with Gasteiger partial charge in [-0.2, -0.15) is 5.10 Å². The van der Waals surface area contributed by atoms with Crippen molar-refractivity contribution in [2.24, 2.45) is 11.7 Å². The van der Waals surface area contributed by atoms with Crippen molar-refractivity contribution in [1.29, 1.82) is 0 Å². The second-order valence-electron chi connectivity index (χ2n) is 6.42. The first-order valence-corrected chi connectivity index (χ1v) is 8.23. The van der Waals surface area contributed by atoms with Gasteiger partial charge in [0.1, 0.15) is 0 Å². The SMILES string of the molecule is Cc1nn(-c2ccccc2)cc1C(=O)N1CCCC(C(C)N)C1. The highest BCUT2D eigenvalue weighted by molar-refractivity contribution is 5.95. The first kappa shape index (κ1) is 15.7. The lowest BCUT2D eigenvalue weighted by molar-refractivity contribution is 0.0660. The fraction of sp³-hybridized carbons (Fsp3) is 0.444. The predicted octanol–water partition coefficient (Wildman–Crippen LogP) is 2.38. The number of aromatic nitrogens is 2. The van der Waals surface area contributed by atoms with E-state index in [0.717, 1.165) is 37.3 Å². The van der Waals surface area contributed by atoms with Gasteiger partial charge in [-0.1, -0.05) is 18.2 Å². The summed E-state index contributed by atoms with van der Waals surface area (Å²) in [6.07, 6.45) is 3.95. The van der Waals surface area contributed by atoms with E-state index in [2.05, 4.69) is 5.10 Å². The van der Waals surface area contributed by atoms with E-state index in [-0.39, 0.29) is 11.9 Å². The molecule has 1 amide bonds. The number of nitrogens with zero attached hydrogens (tertiary/aromatic N) is 3. The molecule has 1 fully saturated rings. The van der Waals surface area contributed by atoms with E-state index in [4.69, 9.17) is 5.73 Å². The van der Waals surface area contributed by atoms with Crippen LogP contribution < -0.4 is 5.73 Å². The van der Waals surface area contributed by atoms with Crippen LogP contribution in [0.2, 0.25) is 0 Å². The van der Waals surface area contributed by atoms with Crippen LogP contribution in [0.25, 0.3) is 5.69 Å². The van der Waals surface area contributed by atoms with Gasteiger partial charge in [-0.15, -0.1) is 0 Å². The van der Waals surface area contributed by atoms with E-state index in [1.165, 1.54) is 0 Å². The lowest BCUT2D eigenvalue weighted by atomic mass is 9.92. The summed E-state index contributed by atoms with van der Waals surface area (Å²) in [6, 6.07) is 9.98. The van der Waals surface area contributed by atoms with Crippen molar-refractivity contribution in [1.82, 2.24) is 14.7 Å². The minimum atomic E-state index is 0.0648. The highest BCUT2D eigenvalue weighted by atomic mass is 16.2. The van der Waals surface area contributed by atoms with Crippen LogP contribution >= 0.6 is 0 Å². The van der Waals surface area contributed by atoms with Gasteiger partial charge in [-0.3, -0.25) is 4.79 Å². The average molecular weight is 312 g/mol. The van der Waals surface area contributed by atoms with Crippen LogP contribution in [0, 0.1) is 12.8 Å². The zero-order valence-corrected chi connectivity index (χ0v) is 13.8. The van der Waals surface area contributed by atoms with Gasteiger partial charge in [0.2, 0.25) is 0 Å². The highest BCUT2D eigenvalue weighted by Crippen LogP contribution is 2.22. The third kappa shape index (κ3) is 3.29. The maximum Gasteiger partial charge on any atom is 0.257 e.